The molecule has 0 radical (unpaired) electrons. The zero-order valence-corrected chi connectivity index (χ0v) is 20.0. The van der Waals surface area contributed by atoms with Gasteiger partial charge < -0.3 is 25.0 Å². The molecule has 0 spiro atoms. The Hall–Kier alpha value is -3.31. The highest BCUT2D eigenvalue weighted by Crippen LogP contribution is 2.29. The van der Waals surface area contributed by atoms with Gasteiger partial charge in [0.15, 0.2) is 5.82 Å². The lowest BCUT2D eigenvalue weighted by Crippen LogP contribution is -2.44. The molecular formula is C21H25F6N9O2. The number of hydrogen-bond donors (Lipinski definition) is 2. The van der Waals surface area contributed by atoms with Crippen LogP contribution in [0.3, 0.4) is 0 Å². The molecule has 2 N–H and O–H groups in total. The molecule has 0 saturated carbocycles. The molecule has 0 bridgehead atoms. The normalized spacial score (nSPS) is 14.8. The summed E-state index contributed by atoms with van der Waals surface area (Å²) in [5.74, 6) is 0.988. The van der Waals surface area contributed by atoms with E-state index >= 15 is 0 Å². The Balaban J connectivity index is 1.69. The Bertz CT molecular complexity index is 1180. The van der Waals surface area contributed by atoms with E-state index in [1.165, 1.54) is 17.2 Å². The molecule has 0 aliphatic carbocycles. The Morgan fingerprint density at radius 1 is 1.00 bits per heavy atom. The maximum absolute atomic E-state index is 12.6. The van der Waals surface area contributed by atoms with Crippen molar-refractivity contribution in [3.05, 3.63) is 24.3 Å². The molecule has 0 aromatic carbocycles. The van der Waals surface area contributed by atoms with Crippen molar-refractivity contribution < 1.29 is 35.8 Å². The van der Waals surface area contributed by atoms with E-state index in [0.717, 1.165) is 0 Å². The minimum Gasteiger partial charge on any atom is -0.375 e. The second kappa shape index (κ2) is 12.0. The predicted octanol–water partition coefficient (Wildman–Crippen LogP) is 2.82. The largest absolute Gasteiger partial charge is 0.411 e. The van der Waals surface area contributed by atoms with Crippen LogP contribution in [-0.4, -0.2) is 88.1 Å². The molecule has 4 heterocycles. The molecule has 0 atom stereocenters. The number of ether oxygens (including phenoxy) is 2. The summed E-state index contributed by atoms with van der Waals surface area (Å²) in [4.78, 5) is 19.2. The molecule has 1 fully saturated rings. The van der Waals surface area contributed by atoms with E-state index in [4.69, 9.17) is 9.47 Å². The maximum atomic E-state index is 12.6. The van der Waals surface area contributed by atoms with Gasteiger partial charge in [-0.2, -0.15) is 36.4 Å². The van der Waals surface area contributed by atoms with Crippen LogP contribution >= 0.6 is 0 Å². The molecule has 3 aromatic rings. The van der Waals surface area contributed by atoms with E-state index in [1.807, 2.05) is 4.90 Å². The first-order chi connectivity index (χ1) is 18.1. The summed E-state index contributed by atoms with van der Waals surface area (Å²) in [6.07, 6.45) is -7.19. The monoisotopic (exact) mass is 549 g/mol. The molecule has 1 aliphatic heterocycles. The number of piperazine rings is 1. The Labute approximate surface area is 212 Å². The fourth-order valence-electron chi connectivity index (χ4n) is 3.67. The van der Waals surface area contributed by atoms with Crippen LogP contribution in [0.1, 0.15) is 12.1 Å². The van der Waals surface area contributed by atoms with Gasteiger partial charge in [0.2, 0.25) is 5.95 Å². The van der Waals surface area contributed by atoms with Crippen LogP contribution in [0.2, 0.25) is 0 Å². The number of rotatable bonds is 11. The van der Waals surface area contributed by atoms with Gasteiger partial charge in [-0.05, 0) is 6.07 Å². The van der Waals surface area contributed by atoms with E-state index < -0.39 is 32.0 Å². The lowest BCUT2D eigenvalue weighted by molar-refractivity contribution is -0.174. The number of fused-ring (bicyclic) bond motifs is 1. The second-order valence-corrected chi connectivity index (χ2v) is 8.28. The quantitative estimate of drug-likeness (QED) is 0.273. The third kappa shape index (κ3) is 7.84. The van der Waals surface area contributed by atoms with Crippen LogP contribution in [0.4, 0.5) is 43.9 Å². The molecule has 11 nitrogen and oxygen atoms in total. The van der Waals surface area contributed by atoms with Gasteiger partial charge in [-0.15, -0.1) is 0 Å². The highest BCUT2D eigenvalue weighted by Gasteiger charge is 2.28. The topological polar surface area (TPSA) is 115 Å². The zero-order valence-electron chi connectivity index (χ0n) is 20.0. The molecule has 3 aromatic heterocycles. The lowest BCUT2D eigenvalue weighted by atomic mass is 10.3. The molecule has 17 heteroatoms. The van der Waals surface area contributed by atoms with Crippen molar-refractivity contribution in [3.63, 3.8) is 0 Å². The molecule has 0 amide bonds. The number of anilines is 3. The molecule has 208 valence electrons. The number of halogens is 6. The predicted molar refractivity (Wildman–Crippen MR) is 123 cm³/mol. The van der Waals surface area contributed by atoms with E-state index in [9.17, 15) is 26.3 Å². The fraction of sp³-hybridized carbons (Fsp3) is 0.571. The fourth-order valence-corrected chi connectivity index (χ4v) is 3.67. The van der Waals surface area contributed by atoms with Crippen LogP contribution in [0.15, 0.2) is 18.6 Å². The van der Waals surface area contributed by atoms with Crippen molar-refractivity contribution in [1.82, 2.24) is 35.0 Å². The minimum absolute atomic E-state index is 0.107. The molecular weight excluding hydrogens is 524 g/mol. The molecule has 1 saturated heterocycles. The van der Waals surface area contributed by atoms with Crippen LogP contribution in [0.25, 0.3) is 11.0 Å². The number of alkyl halides is 6. The zero-order chi connectivity index (χ0) is 27.2. The second-order valence-electron chi connectivity index (χ2n) is 8.28. The highest BCUT2D eigenvalue weighted by atomic mass is 19.4. The Kier molecular flexibility index (Phi) is 8.78. The van der Waals surface area contributed by atoms with Gasteiger partial charge >= 0.3 is 12.4 Å². The van der Waals surface area contributed by atoms with Crippen molar-refractivity contribution in [2.45, 2.75) is 31.9 Å². The van der Waals surface area contributed by atoms with Gasteiger partial charge in [-0.3, -0.25) is 4.68 Å². The summed E-state index contributed by atoms with van der Waals surface area (Å²) in [7, 11) is 0. The summed E-state index contributed by atoms with van der Waals surface area (Å²) >= 11 is 0. The van der Waals surface area contributed by atoms with Gasteiger partial charge in [0.25, 0.3) is 0 Å². The first kappa shape index (κ1) is 27.7. The Morgan fingerprint density at radius 3 is 2.47 bits per heavy atom. The third-order valence-corrected chi connectivity index (χ3v) is 5.36. The highest BCUT2D eigenvalue weighted by molar-refractivity contribution is 5.90. The average Bonchev–Trinajstić information content (AvgIpc) is 3.22. The number of hydrogen-bond acceptors (Lipinski definition) is 10. The van der Waals surface area contributed by atoms with Gasteiger partial charge in [0.05, 0.1) is 32.8 Å². The summed E-state index contributed by atoms with van der Waals surface area (Å²) in [6.45, 7) is -0.165. The number of aromatic nitrogens is 6. The van der Waals surface area contributed by atoms with Crippen LogP contribution < -0.4 is 15.5 Å². The van der Waals surface area contributed by atoms with E-state index in [1.54, 1.807) is 6.07 Å². The SMILES string of the molecule is FC(F)(F)CCOCc1nn(CCOCC(F)(F)F)c2c(Nc3ccncn3)nc(N3CCNCC3)nc12. The Morgan fingerprint density at radius 2 is 1.79 bits per heavy atom. The van der Waals surface area contributed by atoms with Gasteiger partial charge in [0, 0.05) is 32.4 Å². The third-order valence-electron chi connectivity index (χ3n) is 5.36. The van der Waals surface area contributed by atoms with Crippen LogP contribution in [0.5, 0.6) is 0 Å². The smallest absolute Gasteiger partial charge is 0.375 e. The summed E-state index contributed by atoms with van der Waals surface area (Å²) in [5, 5.41) is 10.7. The minimum atomic E-state index is -4.50. The number of nitrogens with zero attached hydrogens (tertiary/aromatic N) is 7. The summed E-state index contributed by atoms with van der Waals surface area (Å²) in [6, 6.07) is 1.59. The van der Waals surface area contributed by atoms with E-state index in [-0.39, 0.29) is 36.8 Å². The van der Waals surface area contributed by atoms with Gasteiger partial charge in [-0.25, -0.2) is 15.0 Å². The van der Waals surface area contributed by atoms with Gasteiger partial charge in [0.1, 0.15) is 35.5 Å². The van der Waals surface area contributed by atoms with E-state index in [2.05, 4.69) is 35.7 Å². The van der Waals surface area contributed by atoms with Crippen LogP contribution in [-0.2, 0) is 22.6 Å². The number of nitrogens with one attached hydrogen (secondary N) is 2. The van der Waals surface area contributed by atoms with Crippen molar-refractivity contribution in [2.75, 3.05) is 56.2 Å². The maximum Gasteiger partial charge on any atom is 0.411 e. The summed E-state index contributed by atoms with van der Waals surface area (Å²) < 4.78 is 86.6. The van der Waals surface area contributed by atoms with Gasteiger partial charge in [-0.1, -0.05) is 0 Å². The molecule has 38 heavy (non-hydrogen) atoms. The van der Waals surface area contributed by atoms with Crippen LogP contribution in [0, 0.1) is 0 Å². The summed E-state index contributed by atoms with van der Waals surface area (Å²) in [5.41, 5.74) is 0.808. The standard InChI is InChI=1S/C21H25F6N9O2/c22-20(23,24)2-9-37-11-14-16-17(36(34-14)8-10-38-12-21(25,26)27)18(31-15-1-3-29-13-30-15)33-19(32-16)35-6-4-28-5-7-35/h1,3,13,28H,2,4-12H2,(H,29,30,31,32,33). The molecule has 1 aliphatic rings. The molecule has 0 unspecified atom stereocenters. The van der Waals surface area contributed by atoms with Crippen molar-refractivity contribution in [3.8, 4) is 0 Å². The lowest BCUT2D eigenvalue weighted by Gasteiger charge is -2.27. The average molecular weight is 549 g/mol. The van der Waals surface area contributed by atoms with Crippen molar-refractivity contribution >= 4 is 28.6 Å². The van der Waals surface area contributed by atoms with Crippen molar-refractivity contribution in [2.24, 2.45) is 0 Å². The molecule has 4 rings (SSSR count). The first-order valence-electron chi connectivity index (χ1n) is 11.6. The van der Waals surface area contributed by atoms with E-state index in [0.29, 0.717) is 43.5 Å². The van der Waals surface area contributed by atoms with Crippen molar-refractivity contribution in [1.29, 1.82) is 0 Å². The first-order valence-corrected chi connectivity index (χ1v) is 11.6.